The molecule has 0 N–H and O–H groups in total. The van der Waals surface area contributed by atoms with Crippen LogP contribution in [-0.4, -0.2) is 26.9 Å². The second-order valence-electron chi connectivity index (χ2n) is 26.1. The van der Waals surface area contributed by atoms with Crippen molar-refractivity contribution in [2.75, 3.05) is 6.16 Å². The van der Waals surface area contributed by atoms with Crippen LogP contribution in [0.15, 0.2) is 133 Å². The van der Waals surface area contributed by atoms with E-state index in [0.29, 0.717) is 18.1 Å². The summed E-state index contributed by atoms with van der Waals surface area (Å²) < 4.78 is 1.37. The Kier molecular flexibility index (Phi) is 3.41. The quantitative estimate of drug-likeness (QED) is 0.112. The summed E-state index contributed by atoms with van der Waals surface area (Å²) in [7, 11) is 3.61. The zero-order valence-electron chi connectivity index (χ0n) is 35.6. The second kappa shape index (κ2) is 6.35. The third kappa shape index (κ3) is 1.17. The third-order valence-electron chi connectivity index (χ3n) is 28.2. The normalized spacial score (nSPS) is 55.5. The van der Waals surface area contributed by atoms with E-state index in [1.54, 1.807) is 18.1 Å². The Labute approximate surface area is 354 Å². The Morgan fingerprint density at radius 1 is 0.590 bits per heavy atom. The number of fused-ring (bicyclic) bond motifs is 12. The van der Waals surface area contributed by atoms with Crippen LogP contribution in [0.5, 0.6) is 0 Å². The van der Waals surface area contributed by atoms with Crippen molar-refractivity contribution in [3.05, 3.63) is 156 Å². The molecule has 0 radical (unpaired) electrons. The Bertz CT molecular complexity index is 3410. The molecule has 0 amide bonds. The summed E-state index contributed by atoms with van der Waals surface area (Å²) in [5, 5.41) is 2.48. The van der Waals surface area contributed by atoms with Gasteiger partial charge in [0.25, 0.3) is 0 Å². The number of pyridine rings is 2. The predicted molar refractivity (Wildman–Crippen MR) is 250 cm³/mol. The van der Waals surface area contributed by atoms with Crippen LogP contribution in [0.25, 0.3) is 21.8 Å². The van der Waals surface area contributed by atoms with Gasteiger partial charge < -0.3 is 0 Å². The summed E-state index contributed by atoms with van der Waals surface area (Å²) in [6.45, 7) is 3.13. The van der Waals surface area contributed by atoms with Gasteiger partial charge in [-0.3, -0.25) is 0 Å². The monoisotopic (exact) mass is 874 g/mol. The number of benzene rings is 4. The molecule has 20 rings (SSSR count). The molecule has 10 aliphatic heterocycles. The molecule has 12 heterocycles. The fourth-order valence-electron chi connectivity index (χ4n) is 30.9. The molecule has 4 saturated carbocycles. The van der Waals surface area contributed by atoms with Gasteiger partial charge in [-0.1, -0.05) is 0 Å². The van der Waals surface area contributed by atoms with Crippen LogP contribution in [0, 0.1) is 23.7 Å². The molecule has 5 heteroatoms. The van der Waals surface area contributed by atoms with Crippen LogP contribution in [0.3, 0.4) is 0 Å². The van der Waals surface area contributed by atoms with Crippen molar-refractivity contribution in [2.45, 2.75) is 115 Å². The maximum atomic E-state index is 5.96. The van der Waals surface area contributed by atoms with Crippen LogP contribution in [0.4, 0.5) is 0 Å². The van der Waals surface area contributed by atoms with Crippen molar-refractivity contribution < 1.29 is 6.51 Å². The van der Waals surface area contributed by atoms with Crippen LogP contribution >= 0.6 is 17.2 Å². The molecule has 6 aromatic rings. The van der Waals surface area contributed by atoms with Crippen LogP contribution in [0.1, 0.15) is 75.4 Å². The number of rotatable bonds is 8. The first-order chi connectivity index (χ1) is 29.5. The Balaban J connectivity index is 0.976. The standard InChI is InChI=1S/C51H51N2P2.C5H5.Fe/c1-50(2,3)55(49-39-27-33-26-34(29-39)30-40(49)28-33)32-42-43(31-41(35-14-6-4-7-15-35)48(42)38-18-8-5-9-19-38)51(54,46-24-22-36-16-10-12-20-44(36)52-46)47-25-23-37-17-11-13-21-45(37)53-47;1-2-4-5-3-1;/h4-25,31,33-34,39-40,49H,26-30,32,54H2,1-3H3;1-5H;. The van der Waals surface area contributed by atoms with Crippen molar-refractivity contribution in [3.63, 3.8) is 0 Å². The average Bonchev–Trinajstić information content (AvgIpc) is 4.24. The van der Waals surface area contributed by atoms with E-state index in [4.69, 9.17) is 9.97 Å². The summed E-state index contributed by atoms with van der Waals surface area (Å²) >= 11 is 0. The zero-order valence-corrected chi connectivity index (χ0v) is 38.7. The van der Waals surface area contributed by atoms with Crippen molar-refractivity contribution in [3.8, 4) is 0 Å². The van der Waals surface area contributed by atoms with Gasteiger partial charge in [0.2, 0.25) is 0 Å². The first-order valence-corrected chi connectivity index (χ1v) is 32.3. The number of para-hydroxylation sites is 2. The SMILES string of the molecule is CC(C)(C)P(C[C]12[C]3(c4ccccc4)[C]4(c5ccccc5)[CH]5[C]1(C(P)(c1ccc6ccccc6n1)c1ccc6ccccc6n1)[Fe]54231678[CH]2[CH]1[CH]6[CH]7[CH]28)C1C2CC3CC(C2)CC1C3. The van der Waals surface area contributed by atoms with Crippen molar-refractivity contribution in [2.24, 2.45) is 23.7 Å². The first kappa shape index (κ1) is 32.7. The molecule has 2 nitrogen and oxygen atoms in total. The molecule has 10 saturated heterocycles. The van der Waals surface area contributed by atoms with E-state index in [0.717, 1.165) is 69.3 Å². The molecule has 4 aromatic carbocycles. The van der Waals surface area contributed by atoms with E-state index >= 15 is 0 Å². The fraction of sp³-hybridized carbons (Fsp3) is 0.464. The Hall–Kier alpha value is -2.92. The predicted octanol–water partition coefficient (Wildman–Crippen LogP) is 14.4. The zero-order chi connectivity index (χ0) is 40.1. The van der Waals surface area contributed by atoms with Crippen molar-refractivity contribution in [1.82, 2.24) is 9.97 Å². The molecule has 7 unspecified atom stereocenters. The Morgan fingerprint density at radius 2 is 1.07 bits per heavy atom. The molecule has 4 aliphatic carbocycles. The molecule has 4 bridgehead atoms. The molecule has 14 aliphatic rings. The first-order valence-electron chi connectivity index (χ1n) is 24.1. The minimum absolute atomic E-state index is 0.253. The van der Waals surface area contributed by atoms with Gasteiger partial charge in [0.1, 0.15) is 0 Å². The molecule has 7 atom stereocenters. The summed E-state index contributed by atoms with van der Waals surface area (Å²) in [6, 6.07) is 53.1. The summed E-state index contributed by atoms with van der Waals surface area (Å²) in [4.78, 5) is 17.9. The summed E-state index contributed by atoms with van der Waals surface area (Å²) in [5.74, 6) is 3.96. The van der Waals surface area contributed by atoms with Crippen LogP contribution in [0.2, 0.25) is 37.5 Å². The van der Waals surface area contributed by atoms with Crippen molar-refractivity contribution in [1.29, 1.82) is 0 Å². The minimum atomic E-state index is -5.10. The van der Waals surface area contributed by atoms with Crippen LogP contribution in [-0.2, 0) is 20.3 Å². The topological polar surface area (TPSA) is 25.8 Å². The van der Waals surface area contributed by atoms with E-state index in [1.807, 2.05) is 5.56 Å². The molecular weight excluding hydrogens is 818 g/mol. The number of nitrogens with zero attached hydrogens (tertiary/aromatic N) is 2. The average molecular weight is 875 g/mol. The van der Waals surface area contributed by atoms with E-state index < -0.39 is 6.51 Å². The van der Waals surface area contributed by atoms with Gasteiger partial charge in [-0.15, -0.1) is 0 Å². The molecule has 1 spiro atoms. The molecule has 14 fully saturated rings. The maximum absolute atomic E-state index is 5.96. The third-order valence-corrected chi connectivity index (χ3v) is 78.3. The van der Waals surface area contributed by atoms with Gasteiger partial charge in [-0.2, -0.15) is 0 Å². The molecular formula is C56H56FeN2P2. The van der Waals surface area contributed by atoms with E-state index in [1.165, 1.54) is 47.8 Å². The second-order valence-corrected chi connectivity index (χ2v) is 52.8. The van der Waals surface area contributed by atoms with Gasteiger partial charge in [0.15, 0.2) is 0 Å². The fourth-order valence-corrected chi connectivity index (χ4v) is 122. The van der Waals surface area contributed by atoms with Crippen LogP contribution < -0.4 is 0 Å². The van der Waals surface area contributed by atoms with Gasteiger partial charge in [0, 0.05) is 0 Å². The van der Waals surface area contributed by atoms with Gasteiger partial charge in [0.05, 0.1) is 0 Å². The van der Waals surface area contributed by atoms with Gasteiger partial charge in [-0.05, 0) is 0 Å². The number of hydrogen-bond donors (Lipinski definition) is 0. The number of hydrogen-bond acceptors (Lipinski definition) is 2. The van der Waals surface area contributed by atoms with Crippen molar-refractivity contribution >= 4 is 39.0 Å². The van der Waals surface area contributed by atoms with E-state index in [9.17, 15) is 0 Å². The Morgan fingerprint density at radius 3 is 1.56 bits per heavy atom. The number of aromatic nitrogens is 2. The van der Waals surface area contributed by atoms with Gasteiger partial charge >= 0.3 is 356 Å². The molecule has 2 aromatic heterocycles. The summed E-state index contributed by atoms with van der Waals surface area (Å²) in [5.41, 5.74) is 9.47. The van der Waals surface area contributed by atoms with Gasteiger partial charge in [-0.25, -0.2) is 0 Å². The summed E-state index contributed by atoms with van der Waals surface area (Å²) in [6.07, 6.45) is 9.24. The van der Waals surface area contributed by atoms with E-state index in [2.05, 4.69) is 163 Å². The molecule has 308 valence electrons. The van der Waals surface area contributed by atoms with E-state index in [-0.39, 0.29) is 17.4 Å². The molecule has 61 heavy (non-hydrogen) atoms.